The molecule has 1 aliphatic heterocycles. The van der Waals surface area contributed by atoms with E-state index in [1.54, 1.807) is 36.4 Å². The number of H-pyrrole nitrogens is 1. The van der Waals surface area contributed by atoms with Crippen LogP contribution in [0.2, 0.25) is 0 Å². The van der Waals surface area contributed by atoms with Gasteiger partial charge in [-0.2, -0.15) is 0 Å². The molecule has 0 atom stereocenters. The van der Waals surface area contributed by atoms with Crippen LogP contribution in [0.3, 0.4) is 0 Å². The van der Waals surface area contributed by atoms with E-state index in [1.165, 1.54) is 22.7 Å². The number of para-hydroxylation sites is 2. The molecule has 2 N–H and O–H groups in total. The van der Waals surface area contributed by atoms with Crippen LogP contribution in [0.15, 0.2) is 85.4 Å². The van der Waals surface area contributed by atoms with Crippen molar-refractivity contribution in [3.05, 3.63) is 76.5 Å². The number of amides is 2. The number of nitrogens with zero attached hydrogens (tertiary/aromatic N) is 2. The van der Waals surface area contributed by atoms with E-state index in [0.717, 1.165) is 15.5 Å². The summed E-state index contributed by atoms with van der Waals surface area (Å²) in [4.78, 5) is 34.5. The Morgan fingerprint density at radius 2 is 1.84 bits per heavy atom. The average Bonchev–Trinajstić information content (AvgIpc) is 3.38. The van der Waals surface area contributed by atoms with Crippen LogP contribution in [-0.4, -0.2) is 26.9 Å². The van der Waals surface area contributed by atoms with Gasteiger partial charge in [-0.3, -0.25) is 19.8 Å². The Labute approximate surface area is 200 Å². The normalized spacial score (nSPS) is 15.6. The maximum atomic E-state index is 13.1. The van der Waals surface area contributed by atoms with Gasteiger partial charge in [0.15, 0.2) is 15.4 Å². The Morgan fingerprint density at radius 1 is 1.06 bits per heavy atom. The third-order valence-corrected chi connectivity index (χ3v) is 6.26. The standard InChI is InChI=1S/C22H13BrN4O3S2/c23-12-5-7-13(8-6-12)27-20(29)15(19(28)26-22(27)31)11-14-9-10-18(30-14)32-21-24-16-3-1-2-4-17(16)25-21/h1-11H,(H,24,25)(H,26,28,31). The summed E-state index contributed by atoms with van der Waals surface area (Å²) in [6, 6.07) is 18.2. The fourth-order valence-corrected chi connectivity index (χ4v) is 4.48. The van der Waals surface area contributed by atoms with Gasteiger partial charge in [0.1, 0.15) is 11.3 Å². The molecular formula is C22H13BrN4O3S2. The van der Waals surface area contributed by atoms with Crippen LogP contribution in [-0.2, 0) is 9.59 Å². The zero-order valence-electron chi connectivity index (χ0n) is 16.2. The van der Waals surface area contributed by atoms with Crippen LogP contribution in [0, 0.1) is 0 Å². The van der Waals surface area contributed by atoms with Crippen molar-refractivity contribution in [1.29, 1.82) is 0 Å². The van der Waals surface area contributed by atoms with Crippen molar-refractivity contribution in [3.63, 3.8) is 0 Å². The molecule has 4 aromatic rings. The molecule has 2 amide bonds. The molecule has 32 heavy (non-hydrogen) atoms. The van der Waals surface area contributed by atoms with Crippen LogP contribution in [0.4, 0.5) is 5.69 Å². The van der Waals surface area contributed by atoms with E-state index in [2.05, 4.69) is 31.2 Å². The van der Waals surface area contributed by atoms with E-state index < -0.39 is 11.8 Å². The number of halogens is 1. The van der Waals surface area contributed by atoms with E-state index in [1.807, 2.05) is 24.3 Å². The van der Waals surface area contributed by atoms with Crippen molar-refractivity contribution in [2.75, 3.05) is 4.90 Å². The smallest absolute Gasteiger partial charge is 0.270 e. The minimum Gasteiger partial charge on any atom is -0.450 e. The predicted molar refractivity (Wildman–Crippen MR) is 129 cm³/mol. The number of benzene rings is 2. The Bertz CT molecular complexity index is 1380. The second-order valence-electron chi connectivity index (χ2n) is 6.75. The van der Waals surface area contributed by atoms with Gasteiger partial charge in [0.2, 0.25) is 0 Å². The van der Waals surface area contributed by atoms with Crippen molar-refractivity contribution in [1.82, 2.24) is 15.3 Å². The summed E-state index contributed by atoms with van der Waals surface area (Å²) in [5.74, 6) is -0.731. The molecule has 1 aliphatic rings. The number of hydrogen-bond acceptors (Lipinski definition) is 6. The molecule has 10 heteroatoms. The third-order valence-electron chi connectivity index (χ3n) is 4.64. The van der Waals surface area contributed by atoms with E-state index in [4.69, 9.17) is 16.6 Å². The van der Waals surface area contributed by atoms with Crippen molar-refractivity contribution >= 4 is 79.6 Å². The first kappa shape index (κ1) is 20.7. The number of carbonyl (C=O) groups excluding carboxylic acids is 2. The van der Waals surface area contributed by atoms with Crippen LogP contribution >= 0.6 is 39.9 Å². The lowest BCUT2D eigenvalue weighted by molar-refractivity contribution is -0.122. The lowest BCUT2D eigenvalue weighted by Crippen LogP contribution is -2.54. The molecular weight excluding hydrogens is 512 g/mol. The molecule has 2 aromatic carbocycles. The van der Waals surface area contributed by atoms with Gasteiger partial charge in [0.05, 0.1) is 16.7 Å². The van der Waals surface area contributed by atoms with E-state index in [-0.39, 0.29) is 10.7 Å². The number of carbonyl (C=O) groups is 2. The fraction of sp³-hybridized carbons (Fsp3) is 0. The highest BCUT2D eigenvalue weighted by atomic mass is 79.9. The number of nitrogens with one attached hydrogen (secondary N) is 2. The lowest BCUT2D eigenvalue weighted by Gasteiger charge is -2.28. The zero-order chi connectivity index (χ0) is 22.2. The van der Waals surface area contributed by atoms with Gasteiger partial charge in [-0.05, 0) is 78.6 Å². The molecule has 0 saturated carbocycles. The number of aromatic amines is 1. The molecule has 1 saturated heterocycles. The highest BCUT2D eigenvalue weighted by molar-refractivity contribution is 9.10. The molecule has 0 unspecified atom stereocenters. The van der Waals surface area contributed by atoms with Gasteiger partial charge < -0.3 is 9.40 Å². The largest absolute Gasteiger partial charge is 0.450 e. The van der Waals surface area contributed by atoms with Crippen molar-refractivity contribution in [2.24, 2.45) is 0 Å². The Kier molecular flexibility index (Phi) is 5.41. The Balaban J connectivity index is 1.40. The maximum Gasteiger partial charge on any atom is 0.270 e. The number of anilines is 1. The molecule has 7 nitrogen and oxygen atoms in total. The van der Waals surface area contributed by atoms with Crippen molar-refractivity contribution in [3.8, 4) is 0 Å². The van der Waals surface area contributed by atoms with E-state index in [0.29, 0.717) is 21.7 Å². The first-order chi connectivity index (χ1) is 15.5. The first-order valence-electron chi connectivity index (χ1n) is 9.37. The summed E-state index contributed by atoms with van der Waals surface area (Å²) >= 11 is 9.89. The molecule has 3 heterocycles. The molecule has 0 aliphatic carbocycles. The number of fused-ring (bicyclic) bond motifs is 1. The average molecular weight is 525 g/mol. The highest BCUT2D eigenvalue weighted by Crippen LogP contribution is 2.30. The van der Waals surface area contributed by atoms with Crippen molar-refractivity contribution < 1.29 is 14.0 Å². The predicted octanol–water partition coefficient (Wildman–Crippen LogP) is 4.90. The second kappa shape index (κ2) is 8.38. The van der Waals surface area contributed by atoms with Crippen LogP contribution in [0.5, 0.6) is 0 Å². The monoisotopic (exact) mass is 524 g/mol. The van der Waals surface area contributed by atoms with Gasteiger partial charge in [-0.25, -0.2) is 4.98 Å². The number of aromatic nitrogens is 2. The Hall–Kier alpha value is -3.21. The number of furan rings is 1. The fourth-order valence-electron chi connectivity index (χ4n) is 3.16. The molecule has 0 spiro atoms. The van der Waals surface area contributed by atoms with E-state index in [9.17, 15) is 9.59 Å². The summed E-state index contributed by atoms with van der Waals surface area (Å²) in [7, 11) is 0. The summed E-state index contributed by atoms with van der Waals surface area (Å²) in [5, 5.41) is 3.84. The molecule has 158 valence electrons. The minimum atomic E-state index is -0.573. The number of hydrogen-bond donors (Lipinski definition) is 2. The molecule has 5 rings (SSSR count). The second-order valence-corrected chi connectivity index (χ2v) is 9.05. The first-order valence-corrected chi connectivity index (χ1v) is 11.4. The van der Waals surface area contributed by atoms with Crippen LogP contribution in [0.25, 0.3) is 17.1 Å². The molecule has 0 bridgehead atoms. The topological polar surface area (TPSA) is 91.2 Å². The van der Waals surface area contributed by atoms with Gasteiger partial charge in [0.25, 0.3) is 11.8 Å². The third kappa shape index (κ3) is 3.99. The summed E-state index contributed by atoms with van der Waals surface area (Å²) in [6.45, 7) is 0. The van der Waals surface area contributed by atoms with Crippen molar-refractivity contribution in [2.45, 2.75) is 10.2 Å². The summed E-state index contributed by atoms with van der Waals surface area (Å²) in [6.07, 6.45) is 1.41. The molecule has 1 fully saturated rings. The van der Waals surface area contributed by atoms with Crippen LogP contribution in [0.1, 0.15) is 5.76 Å². The highest BCUT2D eigenvalue weighted by Gasteiger charge is 2.34. The summed E-state index contributed by atoms with van der Waals surface area (Å²) < 4.78 is 6.67. The minimum absolute atomic E-state index is 0.0278. The number of thiocarbonyl (C=S) groups is 1. The quantitative estimate of drug-likeness (QED) is 0.224. The van der Waals surface area contributed by atoms with Gasteiger partial charge >= 0.3 is 0 Å². The van der Waals surface area contributed by atoms with Gasteiger partial charge in [-0.15, -0.1) is 0 Å². The zero-order valence-corrected chi connectivity index (χ0v) is 19.4. The molecule has 0 radical (unpaired) electrons. The summed E-state index contributed by atoms with van der Waals surface area (Å²) in [5.41, 5.74) is 2.26. The van der Waals surface area contributed by atoms with E-state index >= 15 is 0 Å². The number of rotatable bonds is 4. The maximum absolute atomic E-state index is 13.1. The van der Waals surface area contributed by atoms with Gasteiger partial charge in [0, 0.05) is 4.47 Å². The van der Waals surface area contributed by atoms with Crippen LogP contribution < -0.4 is 10.2 Å². The molecule has 2 aromatic heterocycles. The number of imidazole rings is 1. The SMILES string of the molecule is O=C1NC(=S)N(c2ccc(Br)cc2)C(=O)C1=Cc1ccc(Sc2nc3ccccc3[nH]2)o1. The Morgan fingerprint density at radius 3 is 2.62 bits per heavy atom. The van der Waals surface area contributed by atoms with Gasteiger partial charge in [-0.1, -0.05) is 28.1 Å². The lowest BCUT2D eigenvalue weighted by atomic mass is 10.1.